The Morgan fingerprint density at radius 3 is 2.04 bits per heavy atom. The third-order valence-corrected chi connectivity index (χ3v) is 5.13. The molecule has 0 radical (unpaired) electrons. The maximum absolute atomic E-state index is 6.27. The van der Waals surface area contributed by atoms with Crippen molar-refractivity contribution in [3.05, 3.63) is 11.2 Å². The number of halogens is 1. The van der Waals surface area contributed by atoms with E-state index in [1.807, 2.05) is 0 Å². The molecule has 7 heteroatoms. The van der Waals surface area contributed by atoms with E-state index in [1.54, 1.807) is 6.20 Å². The van der Waals surface area contributed by atoms with E-state index < -0.39 is 0 Å². The van der Waals surface area contributed by atoms with E-state index in [2.05, 4.69) is 44.5 Å². The van der Waals surface area contributed by atoms with Gasteiger partial charge < -0.3 is 20.4 Å². The number of anilines is 2. The van der Waals surface area contributed by atoms with Crippen molar-refractivity contribution in [3.8, 4) is 0 Å². The van der Waals surface area contributed by atoms with Crippen LogP contribution in [0.1, 0.15) is 25.7 Å². The molecule has 0 amide bonds. The average Bonchev–Trinajstić information content (AvgIpc) is 2.55. The van der Waals surface area contributed by atoms with Gasteiger partial charge in [0.05, 0.1) is 6.20 Å². The zero-order valence-electron chi connectivity index (χ0n) is 14.1. The lowest BCUT2D eigenvalue weighted by atomic mass is 10.1. The van der Waals surface area contributed by atoms with Crippen molar-refractivity contribution in [2.75, 3.05) is 50.9 Å². The van der Waals surface area contributed by atoms with Crippen LogP contribution in [0.3, 0.4) is 0 Å². The van der Waals surface area contributed by atoms with Crippen molar-refractivity contribution in [1.82, 2.24) is 19.8 Å². The van der Waals surface area contributed by atoms with Crippen LogP contribution < -0.4 is 10.6 Å². The smallest absolute Gasteiger partial charge is 0.224 e. The van der Waals surface area contributed by atoms with E-state index in [1.165, 1.54) is 0 Å². The molecule has 1 aromatic rings. The summed E-state index contributed by atoms with van der Waals surface area (Å²) in [7, 11) is 4.33. The first-order valence-corrected chi connectivity index (χ1v) is 8.90. The van der Waals surface area contributed by atoms with Crippen LogP contribution in [0.5, 0.6) is 0 Å². The molecule has 23 heavy (non-hydrogen) atoms. The molecule has 2 aliphatic heterocycles. The lowest BCUT2D eigenvalue weighted by molar-refractivity contribution is 0.263. The molecule has 0 aromatic carbocycles. The monoisotopic (exact) mass is 338 g/mol. The van der Waals surface area contributed by atoms with Gasteiger partial charge in [0.25, 0.3) is 0 Å². The number of nitrogens with one attached hydrogen (secondary N) is 2. The normalized spacial score (nSPS) is 22.2. The van der Waals surface area contributed by atoms with Crippen LogP contribution in [0.25, 0.3) is 0 Å². The van der Waals surface area contributed by atoms with Crippen LogP contribution in [-0.2, 0) is 0 Å². The summed E-state index contributed by atoms with van der Waals surface area (Å²) in [5.41, 5.74) is 0. The fraction of sp³-hybridized carbons (Fsp3) is 0.750. The predicted octanol–water partition coefficient (Wildman–Crippen LogP) is 2.14. The van der Waals surface area contributed by atoms with Crippen molar-refractivity contribution >= 4 is 23.4 Å². The third-order valence-electron chi connectivity index (χ3n) is 4.86. The summed E-state index contributed by atoms with van der Waals surface area (Å²) in [6.45, 7) is 4.46. The first-order chi connectivity index (χ1) is 11.1. The molecule has 0 atom stereocenters. The molecule has 1 aromatic heterocycles. The molecule has 6 nitrogen and oxygen atoms in total. The van der Waals surface area contributed by atoms with E-state index in [4.69, 9.17) is 11.6 Å². The predicted molar refractivity (Wildman–Crippen MR) is 95.3 cm³/mol. The molecule has 0 saturated carbocycles. The van der Waals surface area contributed by atoms with Gasteiger partial charge in [0.2, 0.25) is 5.95 Å². The highest BCUT2D eigenvalue weighted by atomic mass is 35.5. The van der Waals surface area contributed by atoms with E-state index in [-0.39, 0.29) is 0 Å². The summed E-state index contributed by atoms with van der Waals surface area (Å²) in [5.74, 6) is 1.44. The molecule has 0 bridgehead atoms. The zero-order valence-corrected chi connectivity index (χ0v) is 14.8. The fourth-order valence-corrected chi connectivity index (χ4v) is 3.37. The van der Waals surface area contributed by atoms with Crippen molar-refractivity contribution in [3.63, 3.8) is 0 Å². The first-order valence-electron chi connectivity index (χ1n) is 8.53. The highest BCUT2D eigenvalue weighted by Crippen LogP contribution is 2.23. The number of rotatable bonds is 4. The van der Waals surface area contributed by atoms with Crippen molar-refractivity contribution in [1.29, 1.82) is 0 Å². The van der Waals surface area contributed by atoms with Gasteiger partial charge >= 0.3 is 0 Å². The van der Waals surface area contributed by atoms with Crippen LogP contribution in [-0.4, -0.2) is 72.1 Å². The number of likely N-dealkylation sites (tertiary alicyclic amines) is 2. The Bertz CT molecular complexity index is 509. The van der Waals surface area contributed by atoms with Crippen molar-refractivity contribution < 1.29 is 0 Å². The van der Waals surface area contributed by atoms with Crippen LogP contribution in [0.2, 0.25) is 5.02 Å². The molecule has 2 fully saturated rings. The maximum Gasteiger partial charge on any atom is 0.224 e. The number of hydrogen-bond donors (Lipinski definition) is 2. The number of piperidine rings is 2. The van der Waals surface area contributed by atoms with Gasteiger partial charge in [-0.15, -0.1) is 0 Å². The van der Waals surface area contributed by atoms with Crippen molar-refractivity contribution in [2.45, 2.75) is 37.8 Å². The Hall–Kier alpha value is -1.11. The summed E-state index contributed by atoms with van der Waals surface area (Å²) in [6, 6.07) is 0.887. The standard InChI is InChI=1S/C16H27ClN6/c1-22-7-3-12(4-8-22)19-15-14(17)11-18-16(21-15)20-13-5-9-23(2)10-6-13/h11-13H,3-10H2,1-2H3,(H2,18,19,20,21). The molecular formula is C16H27ClN6. The lowest BCUT2D eigenvalue weighted by Crippen LogP contribution is -2.37. The summed E-state index contributed by atoms with van der Waals surface area (Å²) < 4.78 is 0. The largest absolute Gasteiger partial charge is 0.366 e. The second-order valence-electron chi connectivity index (χ2n) is 6.83. The molecule has 128 valence electrons. The summed E-state index contributed by atoms with van der Waals surface area (Å²) in [6.07, 6.45) is 6.19. The minimum absolute atomic E-state index is 0.440. The molecule has 2 saturated heterocycles. The quantitative estimate of drug-likeness (QED) is 0.877. The van der Waals surface area contributed by atoms with Gasteiger partial charge in [0.15, 0.2) is 5.82 Å². The molecule has 3 heterocycles. The van der Waals surface area contributed by atoms with Gasteiger partial charge in [-0.1, -0.05) is 11.6 Å². The van der Waals surface area contributed by atoms with Crippen LogP contribution in [0.4, 0.5) is 11.8 Å². The summed E-state index contributed by atoms with van der Waals surface area (Å²) >= 11 is 6.27. The van der Waals surface area contributed by atoms with E-state index in [9.17, 15) is 0 Å². The van der Waals surface area contributed by atoms with Gasteiger partial charge in [0.1, 0.15) is 5.02 Å². The van der Waals surface area contributed by atoms with Gasteiger partial charge in [-0.25, -0.2) is 4.98 Å². The zero-order chi connectivity index (χ0) is 16.2. The first kappa shape index (κ1) is 16.7. The Morgan fingerprint density at radius 2 is 1.48 bits per heavy atom. The lowest BCUT2D eigenvalue weighted by Gasteiger charge is -2.30. The van der Waals surface area contributed by atoms with Crippen LogP contribution in [0, 0.1) is 0 Å². The Kier molecular flexibility index (Phi) is 5.56. The highest BCUT2D eigenvalue weighted by Gasteiger charge is 2.20. The van der Waals surface area contributed by atoms with Gasteiger partial charge in [0, 0.05) is 12.1 Å². The molecule has 0 unspecified atom stereocenters. The maximum atomic E-state index is 6.27. The van der Waals surface area contributed by atoms with E-state index in [0.29, 0.717) is 23.1 Å². The van der Waals surface area contributed by atoms with Gasteiger partial charge in [-0.3, -0.25) is 0 Å². The van der Waals surface area contributed by atoms with E-state index >= 15 is 0 Å². The minimum atomic E-state index is 0.440. The topological polar surface area (TPSA) is 56.3 Å². The van der Waals surface area contributed by atoms with Gasteiger partial charge in [-0.2, -0.15) is 4.98 Å². The Morgan fingerprint density at radius 1 is 0.957 bits per heavy atom. The molecule has 0 aliphatic carbocycles. The second-order valence-corrected chi connectivity index (χ2v) is 7.24. The fourth-order valence-electron chi connectivity index (χ4n) is 3.22. The minimum Gasteiger partial charge on any atom is -0.366 e. The molecule has 3 rings (SSSR count). The highest BCUT2D eigenvalue weighted by molar-refractivity contribution is 6.32. The van der Waals surface area contributed by atoms with Gasteiger partial charge in [-0.05, 0) is 66.0 Å². The summed E-state index contributed by atoms with van der Waals surface area (Å²) in [5, 5.41) is 7.55. The molecule has 2 aliphatic rings. The van der Waals surface area contributed by atoms with Crippen LogP contribution >= 0.6 is 11.6 Å². The number of hydrogen-bond acceptors (Lipinski definition) is 6. The Labute approximate surface area is 143 Å². The molecule has 0 spiro atoms. The van der Waals surface area contributed by atoms with Crippen molar-refractivity contribution in [2.24, 2.45) is 0 Å². The number of nitrogens with zero attached hydrogens (tertiary/aromatic N) is 4. The summed E-state index contributed by atoms with van der Waals surface area (Å²) in [4.78, 5) is 13.7. The SMILES string of the molecule is CN1CCC(Nc2ncc(Cl)c(NC3CCN(C)CC3)n2)CC1. The van der Waals surface area contributed by atoms with E-state index in [0.717, 1.165) is 57.7 Å². The van der Waals surface area contributed by atoms with Crippen LogP contribution in [0.15, 0.2) is 6.20 Å². The molecule has 2 N–H and O–H groups in total. The molecular weight excluding hydrogens is 312 g/mol. The third kappa shape index (κ3) is 4.68. The average molecular weight is 339 g/mol. The number of aromatic nitrogens is 2. The second kappa shape index (κ2) is 7.64. The Balaban J connectivity index is 1.60.